The van der Waals surface area contributed by atoms with Crippen molar-refractivity contribution in [1.82, 2.24) is 9.80 Å². The smallest absolute Gasteiger partial charge is 0.222 e. The van der Waals surface area contributed by atoms with Crippen molar-refractivity contribution in [1.29, 1.82) is 0 Å². The van der Waals surface area contributed by atoms with Gasteiger partial charge in [-0.3, -0.25) is 14.5 Å². The molecule has 1 amide bonds. The van der Waals surface area contributed by atoms with Gasteiger partial charge in [-0.15, -0.1) is 0 Å². The summed E-state index contributed by atoms with van der Waals surface area (Å²) < 4.78 is 0. The third-order valence-electron chi connectivity index (χ3n) is 5.11. The molecule has 1 saturated heterocycles. The van der Waals surface area contributed by atoms with Crippen LogP contribution in [-0.2, 0) is 9.59 Å². The van der Waals surface area contributed by atoms with Crippen molar-refractivity contribution < 1.29 is 9.59 Å². The van der Waals surface area contributed by atoms with Crippen molar-refractivity contribution in [2.45, 2.75) is 85.1 Å². The van der Waals surface area contributed by atoms with Crippen molar-refractivity contribution in [2.24, 2.45) is 5.92 Å². The molecule has 0 aromatic carbocycles. The van der Waals surface area contributed by atoms with Gasteiger partial charge >= 0.3 is 0 Å². The van der Waals surface area contributed by atoms with E-state index in [1.54, 1.807) is 0 Å². The number of Topliss-reactive ketones (excluding diaryl/α,β-unsaturated/α-hetero) is 1. The first-order chi connectivity index (χ1) is 11.4. The van der Waals surface area contributed by atoms with E-state index in [1.807, 2.05) is 18.7 Å². The van der Waals surface area contributed by atoms with Crippen LogP contribution >= 0.6 is 0 Å². The summed E-state index contributed by atoms with van der Waals surface area (Å²) in [6.45, 7) is 12.2. The third-order valence-corrected chi connectivity index (χ3v) is 5.11. The monoisotopic (exact) mass is 338 g/mol. The molecular formula is C20H38N2O2. The molecule has 0 aromatic heterocycles. The molecule has 140 valence electrons. The molecule has 1 fully saturated rings. The predicted octanol–water partition coefficient (Wildman–Crippen LogP) is 3.88. The number of hydrogen-bond donors (Lipinski definition) is 0. The Morgan fingerprint density at radius 3 is 1.75 bits per heavy atom. The van der Waals surface area contributed by atoms with Crippen LogP contribution in [0.4, 0.5) is 0 Å². The van der Waals surface area contributed by atoms with Crippen molar-refractivity contribution in [3.05, 3.63) is 0 Å². The highest BCUT2D eigenvalue weighted by Gasteiger charge is 2.21. The summed E-state index contributed by atoms with van der Waals surface area (Å²) in [5, 5.41) is 0. The molecule has 4 nitrogen and oxygen atoms in total. The summed E-state index contributed by atoms with van der Waals surface area (Å²) in [5.41, 5.74) is 0. The van der Waals surface area contributed by atoms with Gasteiger partial charge in [-0.25, -0.2) is 0 Å². The van der Waals surface area contributed by atoms with E-state index in [0.29, 0.717) is 24.2 Å². The molecule has 0 atom stereocenters. The van der Waals surface area contributed by atoms with E-state index in [9.17, 15) is 9.59 Å². The fourth-order valence-electron chi connectivity index (χ4n) is 3.22. The van der Waals surface area contributed by atoms with Crippen molar-refractivity contribution >= 4 is 11.7 Å². The number of hydrogen-bond acceptors (Lipinski definition) is 3. The molecular weight excluding hydrogens is 300 g/mol. The highest BCUT2D eigenvalue weighted by molar-refractivity contribution is 5.80. The first-order valence-corrected chi connectivity index (χ1v) is 9.96. The molecule has 24 heavy (non-hydrogen) atoms. The molecule has 0 aliphatic carbocycles. The molecule has 0 spiro atoms. The Morgan fingerprint density at radius 2 is 1.25 bits per heavy atom. The van der Waals surface area contributed by atoms with E-state index in [0.717, 1.165) is 58.3 Å². The second-order valence-electron chi connectivity index (χ2n) is 7.75. The lowest BCUT2D eigenvalue weighted by atomic mass is 10.0. The van der Waals surface area contributed by atoms with Crippen molar-refractivity contribution in [3.8, 4) is 0 Å². The van der Waals surface area contributed by atoms with Crippen molar-refractivity contribution in [3.63, 3.8) is 0 Å². The molecule has 0 unspecified atom stereocenters. The van der Waals surface area contributed by atoms with Crippen LogP contribution in [0.3, 0.4) is 0 Å². The molecule has 0 radical (unpaired) electrons. The Morgan fingerprint density at radius 1 is 0.750 bits per heavy atom. The molecule has 1 aliphatic rings. The van der Waals surface area contributed by atoms with E-state index in [2.05, 4.69) is 18.7 Å². The Hall–Kier alpha value is -0.900. The number of ketones is 1. The molecule has 0 aromatic rings. The van der Waals surface area contributed by atoms with Gasteiger partial charge in [-0.05, 0) is 26.7 Å². The summed E-state index contributed by atoms with van der Waals surface area (Å²) >= 11 is 0. The quantitative estimate of drug-likeness (QED) is 0.537. The second-order valence-corrected chi connectivity index (χ2v) is 7.75. The zero-order valence-electron chi connectivity index (χ0n) is 16.4. The largest absolute Gasteiger partial charge is 0.340 e. The summed E-state index contributed by atoms with van der Waals surface area (Å²) in [7, 11) is 0. The van der Waals surface area contributed by atoms with Gasteiger partial charge in [0.2, 0.25) is 5.91 Å². The Kier molecular flexibility index (Phi) is 10.2. The standard InChI is InChI=1S/C20H38N2O2/c1-17(2)19(23)11-9-7-5-6-8-10-12-20(24)22-15-13-21(14-16-22)18(3)4/h17-18H,5-16H2,1-4H3. The number of rotatable bonds is 11. The summed E-state index contributed by atoms with van der Waals surface area (Å²) in [6.07, 6.45) is 8.12. The molecule has 0 saturated carbocycles. The maximum absolute atomic E-state index is 12.2. The van der Waals surface area contributed by atoms with Crippen LogP contribution in [0.5, 0.6) is 0 Å². The number of unbranched alkanes of at least 4 members (excludes halogenated alkanes) is 5. The Bertz CT molecular complexity index is 372. The number of piperazine rings is 1. The van der Waals surface area contributed by atoms with Crippen LogP contribution in [0.15, 0.2) is 0 Å². The maximum Gasteiger partial charge on any atom is 0.222 e. The van der Waals surface area contributed by atoms with Gasteiger partial charge in [0, 0.05) is 51.0 Å². The first kappa shape index (κ1) is 21.1. The number of nitrogens with zero attached hydrogens (tertiary/aromatic N) is 2. The van der Waals surface area contributed by atoms with Gasteiger partial charge < -0.3 is 4.90 Å². The molecule has 1 heterocycles. The minimum absolute atomic E-state index is 0.179. The zero-order valence-corrected chi connectivity index (χ0v) is 16.4. The average Bonchev–Trinajstić information content (AvgIpc) is 2.56. The average molecular weight is 339 g/mol. The van der Waals surface area contributed by atoms with E-state index in [4.69, 9.17) is 0 Å². The van der Waals surface area contributed by atoms with Gasteiger partial charge in [0.25, 0.3) is 0 Å². The van der Waals surface area contributed by atoms with Crippen LogP contribution in [0, 0.1) is 5.92 Å². The molecule has 1 aliphatic heterocycles. The maximum atomic E-state index is 12.2. The van der Waals surface area contributed by atoms with Gasteiger partial charge in [0.15, 0.2) is 0 Å². The summed E-state index contributed by atoms with van der Waals surface area (Å²) in [5.74, 6) is 0.900. The van der Waals surface area contributed by atoms with E-state index < -0.39 is 0 Å². The number of amides is 1. The molecule has 1 rings (SSSR count). The minimum Gasteiger partial charge on any atom is -0.340 e. The lowest BCUT2D eigenvalue weighted by Crippen LogP contribution is -2.50. The highest BCUT2D eigenvalue weighted by Crippen LogP contribution is 2.12. The van der Waals surface area contributed by atoms with E-state index in [-0.39, 0.29) is 5.92 Å². The highest BCUT2D eigenvalue weighted by atomic mass is 16.2. The summed E-state index contributed by atoms with van der Waals surface area (Å²) in [4.78, 5) is 28.2. The second kappa shape index (κ2) is 11.6. The number of carbonyl (C=O) groups excluding carboxylic acids is 2. The SMILES string of the molecule is CC(C)C(=O)CCCCCCCCC(=O)N1CCN(C(C)C)CC1. The van der Waals surface area contributed by atoms with Gasteiger partial charge in [-0.1, -0.05) is 39.5 Å². The normalized spacial score (nSPS) is 16.2. The third kappa shape index (κ3) is 8.27. The zero-order chi connectivity index (χ0) is 17.9. The van der Waals surface area contributed by atoms with Crippen LogP contribution < -0.4 is 0 Å². The van der Waals surface area contributed by atoms with Crippen LogP contribution in [0.1, 0.15) is 79.1 Å². The molecule has 0 bridgehead atoms. The topological polar surface area (TPSA) is 40.6 Å². The van der Waals surface area contributed by atoms with Crippen LogP contribution in [0.25, 0.3) is 0 Å². The van der Waals surface area contributed by atoms with Gasteiger partial charge in [0.1, 0.15) is 5.78 Å². The van der Waals surface area contributed by atoms with Gasteiger partial charge in [0.05, 0.1) is 0 Å². The molecule has 0 N–H and O–H groups in total. The number of carbonyl (C=O) groups is 2. The van der Waals surface area contributed by atoms with Gasteiger partial charge in [-0.2, -0.15) is 0 Å². The van der Waals surface area contributed by atoms with Crippen LogP contribution in [-0.4, -0.2) is 53.7 Å². The molecule has 4 heteroatoms. The fraction of sp³-hybridized carbons (Fsp3) is 0.900. The van der Waals surface area contributed by atoms with E-state index in [1.165, 1.54) is 12.8 Å². The first-order valence-electron chi connectivity index (χ1n) is 9.96. The predicted molar refractivity (Wildman–Crippen MR) is 100 cm³/mol. The Labute approximate surface area is 149 Å². The fourth-order valence-corrected chi connectivity index (χ4v) is 3.22. The lowest BCUT2D eigenvalue weighted by Gasteiger charge is -2.37. The Balaban J connectivity index is 1.98. The van der Waals surface area contributed by atoms with Crippen molar-refractivity contribution in [2.75, 3.05) is 26.2 Å². The summed E-state index contributed by atoms with van der Waals surface area (Å²) in [6, 6.07) is 0.582. The van der Waals surface area contributed by atoms with E-state index >= 15 is 0 Å². The minimum atomic E-state index is 0.179. The lowest BCUT2D eigenvalue weighted by molar-refractivity contribution is -0.133. The van der Waals surface area contributed by atoms with Crippen LogP contribution in [0.2, 0.25) is 0 Å².